The highest BCUT2D eigenvalue weighted by Crippen LogP contribution is 2.40. The summed E-state index contributed by atoms with van der Waals surface area (Å²) in [4.78, 5) is 15.7. The summed E-state index contributed by atoms with van der Waals surface area (Å²) in [6.07, 6.45) is 16.5. The Morgan fingerprint density at radius 3 is 2.53 bits per heavy atom. The van der Waals surface area contributed by atoms with Crippen LogP contribution in [0.2, 0.25) is 0 Å². The van der Waals surface area contributed by atoms with Gasteiger partial charge in [0, 0.05) is 29.1 Å². The third-order valence-corrected chi connectivity index (χ3v) is 9.79. The fraction of sp³-hybridized carbons (Fsp3) is 0.719. The van der Waals surface area contributed by atoms with E-state index >= 15 is 0 Å². The van der Waals surface area contributed by atoms with Gasteiger partial charge in [0.25, 0.3) is 0 Å². The number of carbonyl (C=O) groups excluding carboxylic acids is 1. The first-order valence-electron chi connectivity index (χ1n) is 14.9. The van der Waals surface area contributed by atoms with Crippen molar-refractivity contribution in [3.05, 3.63) is 36.1 Å². The van der Waals surface area contributed by atoms with Gasteiger partial charge in [-0.3, -0.25) is 9.69 Å². The zero-order valence-electron chi connectivity index (χ0n) is 22.9. The smallest absolute Gasteiger partial charge is 0.223 e. The number of fused-ring (bicyclic) bond motifs is 1. The molecule has 0 spiro atoms. The van der Waals surface area contributed by atoms with Crippen LogP contribution in [0.3, 0.4) is 0 Å². The number of hydrogen-bond acceptors (Lipinski definition) is 3. The highest BCUT2D eigenvalue weighted by Gasteiger charge is 2.33. The predicted octanol–water partition coefficient (Wildman–Crippen LogP) is 7.83. The van der Waals surface area contributed by atoms with Crippen LogP contribution in [0.15, 0.2) is 34.9 Å². The lowest BCUT2D eigenvalue weighted by Crippen LogP contribution is -2.42. The van der Waals surface area contributed by atoms with Crippen LogP contribution in [0.25, 0.3) is 11.3 Å². The van der Waals surface area contributed by atoms with Crippen molar-refractivity contribution in [3.63, 3.8) is 0 Å². The number of likely N-dealkylation sites (tertiary alicyclic amines) is 1. The van der Waals surface area contributed by atoms with Crippen molar-refractivity contribution in [2.24, 2.45) is 23.2 Å². The molecule has 4 nitrogen and oxygen atoms in total. The van der Waals surface area contributed by atoms with E-state index in [9.17, 15) is 4.79 Å². The van der Waals surface area contributed by atoms with E-state index in [1.54, 1.807) is 0 Å². The predicted molar refractivity (Wildman–Crippen MR) is 147 cm³/mol. The van der Waals surface area contributed by atoms with Crippen molar-refractivity contribution >= 4 is 5.91 Å². The first-order valence-corrected chi connectivity index (χ1v) is 14.9. The van der Waals surface area contributed by atoms with E-state index in [4.69, 9.17) is 4.42 Å². The fourth-order valence-corrected chi connectivity index (χ4v) is 7.28. The number of carbonyl (C=O) groups is 1. The zero-order valence-corrected chi connectivity index (χ0v) is 22.9. The summed E-state index contributed by atoms with van der Waals surface area (Å²) >= 11 is 0. The minimum absolute atomic E-state index is 0.247. The van der Waals surface area contributed by atoms with Gasteiger partial charge in [-0.2, -0.15) is 0 Å². The Morgan fingerprint density at radius 1 is 1.00 bits per heavy atom. The number of amides is 1. The Labute approximate surface area is 218 Å². The van der Waals surface area contributed by atoms with Crippen LogP contribution in [-0.2, 0) is 4.79 Å². The summed E-state index contributed by atoms with van der Waals surface area (Å²) in [6, 6.07) is 9.51. The molecular formula is C32H48N2O2. The maximum Gasteiger partial charge on any atom is 0.223 e. The Hall–Kier alpha value is -1.81. The lowest BCUT2D eigenvalue weighted by Gasteiger charge is -2.38. The molecule has 4 heteroatoms. The second kappa shape index (κ2) is 11.3. The molecule has 3 fully saturated rings. The molecule has 1 atom stereocenters. The van der Waals surface area contributed by atoms with Gasteiger partial charge in [0.1, 0.15) is 5.76 Å². The Morgan fingerprint density at radius 2 is 1.78 bits per heavy atom. The third kappa shape index (κ3) is 6.18. The highest BCUT2D eigenvalue weighted by atomic mass is 16.3. The van der Waals surface area contributed by atoms with E-state index in [0.717, 1.165) is 43.3 Å². The van der Waals surface area contributed by atoms with E-state index in [1.807, 2.05) is 12.3 Å². The van der Waals surface area contributed by atoms with Gasteiger partial charge in [0.05, 0.1) is 6.26 Å². The van der Waals surface area contributed by atoms with Gasteiger partial charge in [-0.05, 0) is 113 Å². The summed E-state index contributed by atoms with van der Waals surface area (Å²) < 4.78 is 5.92. The molecule has 3 aliphatic carbocycles. The molecule has 2 saturated carbocycles. The van der Waals surface area contributed by atoms with E-state index in [1.165, 1.54) is 75.6 Å². The summed E-state index contributed by atoms with van der Waals surface area (Å²) in [5.74, 6) is 3.14. The SMILES string of the molecule is CC(C)(C)C1CCC(C(=O)NC2CCC(CCN3CCCCC3c3coc4cccc-4c3)CC2)CC1. The van der Waals surface area contributed by atoms with Gasteiger partial charge in [0.15, 0.2) is 0 Å². The van der Waals surface area contributed by atoms with Crippen molar-refractivity contribution in [2.75, 3.05) is 13.1 Å². The minimum Gasteiger partial charge on any atom is -0.464 e. The molecule has 1 saturated heterocycles. The van der Waals surface area contributed by atoms with Crippen LogP contribution in [0.4, 0.5) is 0 Å². The molecule has 2 heterocycles. The van der Waals surface area contributed by atoms with Crippen molar-refractivity contribution in [1.29, 1.82) is 0 Å². The maximum atomic E-state index is 12.9. The summed E-state index contributed by atoms with van der Waals surface area (Å²) in [7, 11) is 0. The van der Waals surface area contributed by atoms with Crippen LogP contribution >= 0.6 is 0 Å². The van der Waals surface area contributed by atoms with Gasteiger partial charge in [0.2, 0.25) is 5.91 Å². The molecular weight excluding hydrogens is 444 g/mol. The fourth-order valence-electron chi connectivity index (χ4n) is 7.28. The zero-order chi connectivity index (χ0) is 25.1. The second-order valence-corrected chi connectivity index (χ2v) is 13.2. The number of nitrogens with one attached hydrogen (secondary N) is 1. The van der Waals surface area contributed by atoms with Crippen LogP contribution < -0.4 is 5.32 Å². The molecule has 5 rings (SSSR count). The highest BCUT2D eigenvalue weighted by molar-refractivity contribution is 5.79. The van der Waals surface area contributed by atoms with E-state index in [0.29, 0.717) is 23.4 Å². The average Bonchev–Trinajstić information content (AvgIpc) is 3.36. The number of rotatable bonds is 6. The second-order valence-electron chi connectivity index (χ2n) is 13.2. The molecule has 1 N–H and O–H groups in total. The molecule has 0 aromatic carbocycles. The Bertz CT molecular complexity index is 943. The van der Waals surface area contributed by atoms with Crippen molar-refractivity contribution < 1.29 is 9.21 Å². The standard InChI is InChI=1S/C32H48N2O2/c1-32(2,3)27-14-12-24(13-15-27)31(35)33-28-16-10-23(11-17-28)18-20-34-19-5-4-8-29(34)26-21-25-7-6-9-30(25)36-22-26/h6-7,9,21-24,27-29H,4-5,8,10-20H2,1-3H3,(H,33,35). The van der Waals surface area contributed by atoms with Gasteiger partial charge in [-0.25, -0.2) is 0 Å². The van der Waals surface area contributed by atoms with Crippen LogP contribution in [0.1, 0.15) is 109 Å². The average molecular weight is 493 g/mol. The quantitative estimate of drug-likeness (QED) is 0.447. The largest absolute Gasteiger partial charge is 0.464 e. The molecule has 0 radical (unpaired) electrons. The number of nitrogens with zero attached hydrogens (tertiary/aromatic N) is 1. The van der Waals surface area contributed by atoms with Gasteiger partial charge < -0.3 is 9.73 Å². The number of piperidine rings is 1. The lowest BCUT2D eigenvalue weighted by atomic mass is 9.69. The normalized spacial score (nSPS) is 30.4. The third-order valence-electron chi connectivity index (χ3n) is 9.79. The first kappa shape index (κ1) is 25.8. The van der Waals surface area contributed by atoms with Crippen molar-refractivity contribution in [2.45, 2.75) is 110 Å². The van der Waals surface area contributed by atoms with Crippen molar-refractivity contribution in [3.8, 4) is 11.3 Å². The monoisotopic (exact) mass is 492 g/mol. The van der Waals surface area contributed by atoms with Gasteiger partial charge in [-0.15, -0.1) is 0 Å². The summed E-state index contributed by atoms with van der Waals surface area (Å²) in [5, 5.41) is 3.45. The van der Waals surface area contributed by atoms with Gasteiger partial charge >= 0.3 is 0 Å². The molecule has 1 amide bonds. The van der Waals surface area contributed by atoms with Crippen molar-refractivity contribution in [1.82, 2.24) is 10.2 Å². The summed E-state index contributed by atoms with van der Waals surface area (Å²) in [6.45, 7) is 9.43. The van der Waals surface area contributed by atoms with E-state index in [2.05, 4.69) is 49.2 Å². The minimum atomic E-state index is 0.247. The molecule has 0 bridgehead atoms. The van der Waals surface area contributed by atoms with E-state index in [-0.39, 0.29) is 5.92 Å². The Balaban J connectivity index is 1.06. The molecule has 0 aromatic heterocycles. The molecule has 198 valence electrons. The molecule has 1 unspecified atom stereocenters. The molecule has 0 aromatic rings. The molecule has 2 aliphatic heterocycles. The summed E-state index contributed by atoms with van der Waals surface area (Å²) in [5.41, 5.74) is 2.94. The number of hydrogen-bond donors (Lipinski definition) is 1. The van der Waals surface area contributed by atoms with Crippen LogP contribution in [0, 0.1) is 23.2 Å². The maximum absolute atomic E-state index is 12.9. The molecule has 36 heavy (non-hydrogen) atoms. The van der Waals surface area contributed by atoms with Crippen LogP contribution in [0.5, 0.6) is 0 Å². The lowest BCUT2D eigenvalue weighted by molar-refractivity contribution is -0.127. The van der Waals surface area contributed by atoms with E-state index < -0.39 is 0 Å². The van der Waals surface area contributed by atoms with Crippen LogP contribution in [-0.4, -0.2) is 29.9 Å². The first-order chi connectivity index (χ1) is 17.4. The Kier molecular flexibility index (Phi) is 8.10. The topological polar surface area (TPSA) is 45.5 Å². The van der Waals surface area contributed by atoms with Gasteiger partial charge in [-0.1, -0.05) is 39.3 Å². The molecule has 5 aliphatic rings.